The Balaban J connectivity index is 3.08. The van der Waals surface area contributed by atoms with Gasteiger partial charge in [0.25, 0.3) is 5.69 Å². The minimum atomic E-state index is -4.93. The number of alkyl halides is 3. The van der Waals surface area contributed by atoms with Gasteiger partial charge in [0.05, 0.1) is 12.0 Å². The molecule has 0 radical (unpaired) electrons. The maximum absolute atomic E-state index is 12.7. The molecular weight excluding hydrogens is 307 g/mol. The molecule has 0 atom stereocenters. The summed E-state index contributed by atoms with van der Waals surface area (Å²) in [7, 11) is 1.10. The number of nitro benzene ring substituents is 1. The topological polar surface area (TPSA) is 82.6 Å². The van der Waals surface area contributed by atoms with E-state index in [-0.39, 0.29) is 17.4 Å². The molecule has 2 aromatic rings. The van der Waals surface area contributed by atoms with Crippen LogP contribution < -0.4 is 10.2 Å². The number of benzene rings is 1. The van der Waals surface area contributed by atoms with Crippen molar-refractivity contribution in [1.82, 2.24) is 0 Å². The Morgan fingerprint density at radius 2 is 2.05 bits per heavy atom. The molecular formula is C13H6F3NO5. The highest BCUT2D eigenvalue weighted by Gasteiger charge is 2.36. The molecule has 1 aromatic heterocycles. The highest BCUT2D eigenvalue weighted by Crippen LogP contribution is 2.37. The quantitative estimate of drug-likeness (QED) is 0.483. The van der Waals surface area contributed by atoms with E-state index in [9.17, 15) is 28.1 Å². The monoisotopic (exact) mass is 313 g/mol. The SMILES string of the molecule is C#Cc1cc(OC)c2oc(C(F)(F)F)cc(=O)c2c1[N+](=O)[O-]. The smallest absolute Gasteiger partial charge is 0.449 e. The van der Waals surface area contributed by atoms with Crippen LogP contribution in [0.4, 0.5) is 18.9 Å². The molecule has 0 unspecified atom stereocenters. The van der Waals surface area contributed by atoms with Gasteiger partial charge in [0, 0.05) is 12.1 Å². The maximum atomic E-state index is 12.7. The van der Waals surface area contributed by atoms with Crippen molar-refractivity contribution >= 4 is 16.7 Å². The third-order valence-corrected chi connectivity index (χ3v) is 2.78. The third-order valence-electron chi connectivity index (χ3n) is 2.78. The number of methoxy groups -OCH3 is 1. The fourth-order valence-corrected chi connectivity index (χ4v) is 1.88. The fraction of sp³-hybridized carbons (Fsp3) is 0.154. The molecule has 0 spiro atoms. The molecule has 22 heavy (non-hydrogen) atoms. The fourth-order valence-electron chi connectivity index (χ4n) is 1.88. The molecule has 0 fully saturated rings. The van der Waals surface area contributed by atoms with Gasteiger partial charge in [-0.3, -0.25) is 14.9 Å². The zero-order valence-electron chi connectivity index (χ0n) is 10.9. The summed E-state index contributed by atoms with van der Waals surface area (Å²) in [5.41, 5.74) is -3.04. The van der Waals surface area contributed by atoms with Gasteiger partial charge in [-0.05, 0) is 0 Å². The normalized spacial score (nSPS) is 11.2. The standard InChI is InChI=1S/C13H6F3NO5/c1-3-6-4-8(21-2)12-10(11(6)17(19)20)7(18)5-9(22-12)13(14,15)16/h1,4-5H,2H3. The summed E-state index contributed by atoms with van der Waals surface area (Å²) in [4.78, 5) is 22.1. The summed E-state index contributed by atoms with van der Waals surface area (Å²) in [5, 5.41) is 10.4. The van der Waals surface area contributed by atoms with Crippen molar-refractivity contribution in [3.05, 3.63) is 43.8 Å². The van der Waals surface area contributed by atoms with Crippen molar-refractivity contribution in [2.75, 3.05) is 7.11 Å². The van der Waals surface area contributed by atoms with E-state index in [0.717, 1.165) is 13.2 Å². The first-order chi connectivity index (χ1) is 10.2. The Bertz CT molecular complexity index is 876. The van der Waals surface area contributed by atoms with Crippen LogP contribution in [-0.2, 0) is 6.18 Å². The zero-order valence-corrected chi connectivity index (χ0v) is 10.9. The van der Waals surface area contributed by atoms with Crippen LogP contribution in [0.25, 0.3) is 11.0 Å². The third kappa shape index (κ3) is 2.35. The number of terminal acetylenes is 1. The molecule has 114 valence electrons. The van der Waals surface area contributed by atoms with E-state index in [1.165, 1.54) is 0 Å². The van der Waals surface area contributed by atoms with Gasteiger partial charge in [-0.15, -0.1) is 6.42 Å². The molecule has 0 N–H and O–H groups in total. The number of hydrogen-bond donors (Lipinski definition) is 0. The summed E-state index contributed by atoms with van der Waals surface area (Å²) in [6.45, 7) is 0. The lowest BCUT2D eigenvalue weighted by Gasteiger charge is -2.10. The highest BCUT2D eigenvalue weighted by molar-refractivity contribution is 5.93. The molecule has 9 heteroatoms. The first kappa shape index (κ1) is 15.4. The van der Waals surface area contributed by atoms with Gasteiger partial charge in [-0.1, -0.05) is 5.92 Å². The number of nitrogens with zero attached hydrogens (tertiary/aromatic N) is 1. The Morgan fingerprint density at radius 1 is 1.41 bits per heavy atom. The van der Waals surface area contributed by atoms with Crippen LogP contribution >= 0.6 is 0 Å². The molecule has 0 bridgehead atoms. The van der Waals surface area contributed by atoms with E-state index in [0.29, 0.717) is 0 Å². The second kappa shape index (κ2) is 5.07. The Morgan fingerprint density at radius 3 is 2.50 bits per heavy atom. The van der Waals surface area contributed by atoms with Gasteiger partial charge in [0.2, 0.25) is 5.76 Å². The minimum Gasteiger partial charge on any atom is -0.493 e. The van der Waals surface area contributed by atoms with E-state index in [4.69, 9.17) is 11.2 Å². The van der Waals surface area contributed by atoms with E-state index >= 15 is 0 Å². The van der Waals surface area contributed by atoms with Gasteiger partial charge < -0.3 is 9.15 Å². The predicted octanol–water partition coefficient (Wildman–Crippen LogP) is 2.71. The van der Waals surface area contributed by atoms with Crippen molar-refractivity contribution in [3.8, 4) is 18.1 Å². The van der Waals surface area contributed by atoms with E-state index in [2.05, 4.69) is 4.42 Å². The second-order valence-electron chi connectivity index (χ2n) is 4.05. The molecule has 0 aliphatic rings. The van der Waals surface area contributed by atoms with Crippen molar-refractivity contribution < 1.29 is 27.2 Å². The molecule has 0 aliphatic carbocycles. The average Bonchev–Trinajstić information content (AvgIpc) is 2.44. The molecule has 0 saturated heterocycles. The van der Waals surface area contributed by atoms with Crippen LogP contribution in [0.2, 0.25) is 0 Å². The van der Waals surface area contributed by atoms with Crippen molar-refractivity contribution in [2.45, 2.75) is 6.18 Å². The Kier molecular flexibility index (Phi) is 3.54. The Labute approximate surface area is 120 Å². The molecule has 1 heterocycles. The number of nitro groups is 1. The molecule has 0 aliphatic heterocycles. The van der Waals surface area contributed by atoms with E-state index < -0.39 is 38.9 Å². The van der Waals surface area contributed by atoms with Gasteiger partial charge in [-0.25, -0.2) is 0 Å². The van der Waals surface area contributed by atoms with E-state index in [1.807, 2.05) is 5.92 Å². The molecule has 6 nitrogen and oxygen atoms in total. The van der Waals surface area contributed by atoms with Crippen LogP contribution in [-0.4, -0.2) is 12.0 Å². The van der Waals surface area contributed by atoms with Crippen molar-refractivity contribution in [2.24, 2.45) is 0 Å². The number of ether oxygens (including phenoxy) is 1. The Hall–Kier alpha value is -3.02. The molecule has 1 aromatic carbocycles. The van der Waals surface area contributed by atoms with Crippen LogP contribution in [0, 0.1) is 22.5 Å². The number of hydrogen-bond acceptors (Lipinski definition) is 5. The molecule has 2 rings (SSSR count). The number of fused-ring (bicyclic) bond motifs is 1. The summed E-state index contributed by atoms with van der Waals surface area (Å²) in [5.74, 6) is 0.0912. The van der Waals surface area contributed by atoms with Crippen molar-refractivity contribution in [1.29, 1.82) is 0 Å². The summed E-state index contributed by atoms with van der Waals surface area (Å²) in [6.07, 6.45) is 0.197. The van der Waals surface area contributed by atoms with Crippen LogP contribution in [0.5, 0.6) is 5.75 Å². The summed E-state index contributed by atoms with van der Waals surface area (Å²) in [6, 6.07) is 1.10. The number of rotatable bonds is 2. The van der Waals surface area contributed by atoms with Crippen LogP contribution in [0.15, 0.2) is 21.3 Å². The van der Waals surface area contributed by atoms with Crippen LogP contribution in [0.3, 0.4) is 0 Å². The first-order valence-corrected chi connectivity index (χ1v) is 5.57. The van der Waals surface area contributed by atoms with E-state index in [1.54, 1.807) is 0 Å². The van der Waals surface area contributed by atoms with Gasteiger partial charge >= 0.3 is 6.18 Å². The average molecular weight is 313 g/mol. The highest BCUT2D eigenvalue weighted by atomic mass is 19.4. The second-order valence-corrected chi connectivity index (χ2v) is 4.05. The zero-order chi connectivity index (χ0) is 16.7. The van der Waals surface area contributed by atoms with Gasteiger partial charge in [-0.2, -0.15) is 13.2 Å². The first-order valence-electron chi connectivity index (χ1n) is 5.57. The lowest BCUT2D eigenvalue weighted by atomic mass is 10.1. The maximum Gasteiger partial charge on any atom is 0.449 e. The van der Waals surface area contributed by atoms with Crippen molar-refractivity contribution in [3.63, 3.8) is 0 Å². The minimum absolute atomic E-state index is 0.134. The lowest BCUT2D eigenvalue weighted by Crippen LogP contribution is -2.13. The lowest BCUT2D eigenvalue weighted by molar-refractivity contribution is -0.383. The number of halogens is 3. The largest absolute Gasteiger partial charge is 0.493 e. The summed E-state index contributed by atoms with van der Waals surface area (Å²) >= 11 is 0. The molecule has 0 saturated carbocycles. The predicted molar refractivity (Wildman–Crippen MR) is 68.6 cm³/mol. The van der Waals surface area contributed by atoms with Gasteiger partial charge in [0.1, 0.15) is 10.9 Å². The van der Waals surface area contributed by atoms with Gasteiger partial charge in [0.15, 0.2) is 16.8 Å². The molecule has 0 amide bonds. The summed E-state index contributed by atoms with van der Waals surface area (Å²) < 4.78 is 47.5. The van der Waals surface area contributed by atoms with Crippen LogP contribution in [0.1, 0.15) is 11.3 Å².